The molecule has 0 bridgehead atoms. The fraction of sp³-hybridized carbons (Fsp3) is 0.926. The van der Waals surface area contributed by atoms with Crippen LogP contribution in [0.15, 0.2) is 0 Å². The highest BCUT2D eigenvalue weighted by molar-refractivity contribution is 5.72. The van der Waals surface area contributed by atoms with Crippen LogP contribution in [0.25, 0.3) is 0 Å². The predicted molar refractivity (Wildman–Crippen MR) is 134 cm³/mol. The number of carbonyl (C=O) groups excluding carboxylic acids is 2. The maximum absolute atomic E-state index is 12.0. The van der Waals surface area contributed by atoms with Crippen LogP contribution in [0, 0.1) is 5.92 Å². The van der Waals surface area contributed by atoms with Crippen molar-refractivity contribution in [2.24, 2.45) is 5.92 Å². The Morgan fingerprint density at radius 3 is 1.78 bits per heavy atom. The molecule has 0 aliphatic rings. The van der Waals surface area contributed by atoms with Gasteiger partial charge in [0.05, 0.1) is 19.6 Å². The van der Waals surface area contributed by atoms with Gasteiger partial charge in [-0.1, -0.05) is 111 Å². The van der Waals surface area contributed by atoms with Crippen LogP contribution in [0.2, 0.25) is 0 Å². The monoisotopic (exact) mass is 455 g/mol. The van der Waals surface area contributed by atoms with Crippen molar-refractivity contribution in [2.75, 3.05) is 13.2 Å². The van der Waals surface area contributed by atoms with Crippen molar-refractivity contribution in [3.8, 4) is 0 Å². The van der Waals surface area contributed by atoms with Crippen molar-refractivity contribution in [3.63, 3.8) is 0 Å². The third kappa shape index (κ3) is 20.6. The second kappa shape index (κ2) is 22.9. The zero-order valence-electron chi connectivity index (χ0n) is 21.7. The lowest BCUT2D eigenvalue weighted by atomic mass is 10.0. The molecule has 0 heterocycles. The molecule has 0 spiro atoms. The Bertz CT molecular complexity index is 441. The van der Waals surface area contributed by atoms with Crippen molar-refractivity contribution in [3.05, 3.63) is 0 Å². The molecule has 1 amide bonds. The van der Waals surface area contributed by atoms with E-state index in [-0.39, 0.29) is 18.4 Å². The Balaban J connectivity index is 3.58. The minimum Gasteiger partial charge on any atom is -0.466 e. The standard InChI is InChI=1S/C27H53NO4/c1-5-8-10-11-12-13-14-15-16-17-18-19-21-31-26(29)22-24(4)28-27(30)32-23-25(7-3)20-9-6-2/h24-25H,5-23H2,1-4H3,(H,28,30). The molecule has 5 nitrogen and oxygen atoms in total. The summed E-state index contributed by atoms with van der Waals surface area (Å²) in [4.78, 5) is 23.9. The Labute approximate surface area is 198 Å². The van der Waals surface area contributed by atoms with E-state index in [1.165, 1.54) is 64.2 Å². The van der Waals surface area contributed by atoms with Crippen LogP contribution in [0.1, 0.15) is 137 Å². The van der Waals surface area contributed by atoms with E-state index in [0.717, 1.165) is 38.5 Å². The Morgan fingerprint density at radius 2 is 1.25 bits per heavy atom. The molecule has 0 aliphatic carbocycles. The first kappa shape index (κ1) is 30.7. The predicted octanol–water partition coefficient (Wildman–Crippen LogP) is 7.95. The number of ether oxygens (including phenoxy) is 2. The molecular weight excluding hydrogens is 402 g/mol. The molecular formula is C27H53NO4. The highest BCUT2D eigenvalue weighted by Gasteiger charge is 2.15. The number of esters is 1. The molecule has 190 valence electrons. The molecule has 2 unspecified atom stereocenters. The Hall–Kier alpha value is -1.26. The number of hydrogen-bond donors (Lipinski definition) is 1. The van der Waals surface area contributed by atoms with Crippen LogP contribution in [0.5, 0.6) is 0 Å². The summed E-state index contributed by atoms with van der Waals surface area (Å²) in [5.74, 6) is 0.159. The van der Waals surface area contributed by atoms with E-state index in [1.807, 2.05) is 0 Å². The topological polar surface area (TPSA) is 64.6 Å². The van der Waals surface area contributed by atoms with Gasteiger partial charge in [-0.3, -0.25) is 4.79 Å². The van der Waals surface area contributed by atoms with Gasteiger partial charge in [0, 0.05) is 6.04 Å². The van der Waals surface area contributed by atoms with Crippen LogP contribution >= 0.6 is 0 Å². The molecule has 5 heteroatoms. The lowest BCUT2D eigenvalue weighted by molar-refractivity contribution is -0.144. The Morgan fingerprint density at radius 1 is 0.719 bits per heavy atom. The van der Waals surface area contributed by atoms with E-state index < -0.39 is 6.09 Å². The molecule has 0 aliphatic heterocycles. The van der Waals surface area contributed by atoms with Crippen LogP contribution in [-0.2, 0) is 14.3 Å². The number of alkyl carbamates (subject to hydrolysis) is 1. The highest BCUT2D eigenvalue weighted by atomic mass is 16.5. The van der Waals surface area contributed by atoms with E-state index in [1.54, 1.807) is 6.92 Å². The molecule has 0 saturated carbocycles. The quantitative estimate of drug-likeness (QED) is 0.133. The minimum absolute atomic E-state index is 0.181. The number of hydrogen-bond acceptors (Lipinski definition) is 4. The maximum Gasteiger partial charge on any atom is 0.407 e. The summed E-state index contributed by atoms with van der Waals surface area (Å²) in [5.41, 5.74) is 0. The molecule has 0 aromatic heterocycles. The summed E-state index contributed by atoms with van der Waals surface area (Å²) in [6.07, 6.45) is 19.6. The summed E-state index contributed by atoms with van der Waals surface area (Å²) in [7, 11) is 0. The van der Waals surface area contributed by atoms with Gasteiger partial charge >= 0.3 is 12.1 Å². The SMILES string of the molecule is CCCCCCCCCCCCCCOC(=O)CC(C)NC(=O)OCC(CC)CCCC. The molecule has 0 rings (SSSR count). The first-order valence-electron chi connectivity index (χ1n) is 13.6. The lowest BCUT2D eigenvalue weighted by Gasteiger charge is -2.17. The summed E-state index contributed by atoms with van der Waals surface area (Å²) in [5, 5.41) is 2.73. The molecule has 0 saturated heterocycles. The van der Waals surface area contributed by atoms with E-state index >= 15 is 0 Å². The Kier molecular flexibility index (Phi) is 22.0. The van der Waals surface area contributed by atoms with Crippen molar-refractivity contribution >= 4 is 12.1 Å². The summed E-state index contributed by atoms with van der Waals surface area (Å²) < 4.78 is 10.6. The van der Waals surface area contributed by atoms with Crippen molar-refractivity contribution in [1.82, 2.24) is 5.32 Å². The molecule has 32 heavy (non-hydrogen) atoms. The minimum atomic E-state index is -0.443. The highest BCUT2D eigenvalue weighted by Crippen LogP contribution is 2.13. The van der Waals surface area contributed by atoms with Crippen molar-refractivity contribution in [2.45, 2.75) is 143 Å². The molecule has 0 radical (unpaired) electrons. The van der Waals surface area contributed by atoms with Gasteiger partial charge < -0.3 is 14.8 Å². The molecule has 0 aromatic carbocycles. The summed E-state index contributed by atoms with van der Waals surface area (Å²) >= 11 is 0. The first-order valence-corrected chi connectivity index (χ1v) is 13.6. The molecule has 1 N–H and O–H groups in total. The third-order valence-electron chi connectivity index (χ3n) is 6.09. The van der Waals surface area contributed by atoms with Gasteiger partial charge in [-0.05, 0) is 25.7 Å². The van der Waals surface area contributed by atoms with Gasteiger partial charge in [0.1, 0.15) is 0 Å². The second-order valence-electron chi connectivity index (χ2n) is 9.37. The average molecular weight is 456 g/mol. The normalized spacial score (nSPS) is 12.9. The van der Waals surface area contributed by atoms with Gasteiger partial charge in [-0.2, -0.15) is 0 Å². The number of rotatable bonds is 22. The molecule has 0 aromatic rings. The van der Waals surface area contributed by atoms with Crippen LogP contribution in [-0.4, -0.2) is 31.3 Å². The summed E-state index contributed by atoms with van der Waals surface area (Å²) in [6.45, 7) is 9.27. The largest absolute Gasteiger partial charge is 0.466 e. The number of amides is 1. The number of unbranched alkanes of at least 4 members (excludes halogenated alkanes) is 12. The van der Waals surface area contributed by atoms with Gasteiger partial charge in [0.15, 0.2) is 0 Å². The summed E-state index contributed by atoms with van der Waals surface area (Å²) in [6, 6.07) is -0.285. The van der Waals surface area contributed by atoms with Crippen molar-refractivity contribution in [1.29, 1.82) is 0 Å². The van der Waals surface area contributed by atoms with Gasteiger partial charge in [0.2, 0.25) is 0 Å². The first-order chi connectivity index (χ1) is 15.5. The fourth-order valence-electron chi connectivity index (χ4n) is 3.82. The fourth-order valence-corrected chi connectivity index (χ4v) is 3.82. The smallest absolute Gasteiger partial charge is 0.407 e. The van der Waals surface area contributed by atoms with Gasteiger partial charge in [-0.25, -0.2) is 4.79 Å². The molecule has 0 fully saturated rings. The van der Waals surface area contributed by atoms with E-state index in [0.29, 0.717) is 19.1 Å². The van der Waals surface area contributed by atoms with Gasteiger partial charge in [-0.15, -0.1) is 0 Å². The van der Waals surface area contributed by atoms with Crippen LogP contribution < -0.4 is 5.32 Å². The van der Waals surface area contributed by atoms with Crippen molar-refractivity contribution < 1.29 is 19.1 Å². The van der Waals surface area contributed by atoms with Crippen LogP contribution in [0.4, 0.5) is 4.79 Å². The second-order valence-corrected chi connectivity index (χ2v) is 9.37. The average Bonchev–Trinajstić information content (AvgIpc) is 2.77. The van der Waals surface area contributed by atoms with Gasteiger partial charge in [0.25, 0.3) is 0 Å². The van der Waals surface area contributed by atoms with E-state index in [9.17, 15) is 9.59 Å². The third-order valence-corrected chi connectivity index (χ3v) is 6.09. The number of carbonyl (C=O) groups is 2. The number of nitrogens with one attached hydrogen (secondary N) is 1. The zero-order valence-corrected chi connectivity index (χ0v) is 21.7. The molecule has 2 atom stereocenters. The van der Waals surface area contributed by atoms with E-state index in [4.69, 9.17) is 9.47 Å². The lowest BCUT2D eigenvalue weighted by Crippen LogP contribution is -2.35. The van der Waals surface area contributed by atoms with E-state index in [2.05, 4.69) is 26.1 Å². The maximum atomic E-state index is 12.0. The van der Waals surface area contributed by atoms with Crippen LogP contribution in [0.3, 0.4) is 0 Å². The zero-order chi connectivity index (χ0) is 23.9.